The van der Waals surface area contributed by atoms with Gasteiger partial charge in [0, 0.05) is 0 Å². The Morgan fingerprint density at radius 2 is 2.00 bits per heavy atom. The number of ether oxygens (including phenoxy) is 1. The largest absolute Gasteiger partial charge is 0.530 e. The van der Waals surface area contributed by atoms with Crippen LogP contribution in [-0.4, -0.2) is 17.0 Å². The Hall–Kier alpha value is -0.810. The molecule has 0 amide bonds. The fourth-order valence-electron chi connectivity index (χ4n) is 0.308. The Bertz CT molecular complexity index is 117. The fourth-order valence-corrected chi connectivity index (χ4v) is 0.308. The fraction of sp³-hybridized carbons (Fsp3) is 0.800. The standard InChI is InChI=1S/C5H11NO4/c1-5(2,3)9-4(7)10-6-8/h6,8H,1-3H3. The maximum absolute atomic E-state index is 10.4. The molecule has 0 radical (unpaired) electrons. The average Bonchev–Trinajstić information content (AvgIpc) is 1.59. The molecular formula is C5H11NO4. The number of hydrogen-bond acceptors (Lipinski definition) is 5. The van der Waals surface area contributed by atoms with E-state index in [-0.39, 0.29) is 0 Å². The summed E-state index contributed by atoms with van der Waals surface area (Å²) in [7, 11) is 0. The molecule has 0 spiro atoms. The zero-order chi connectivity index (χ0) is 8.20. The summed E-state index contributed by atoms with van der Waals surface area (Å²) in [6.07, 6.45) is -0.963. The summed E-state index contributed by atoms with van der Waals surface area (Å²) in [4.78, 5) is 14.3. The van der Waals surface area contributed by atoms with Crippen LogP contribution in [0.1, 0.15) is 20.8 Å². The second-order valence-corrected chi connectivity index (χ2v) is 2.66. The van der Waals surface area contributed by atoms with Gasteiger partial charge in [-0.05, 0) is 26.4 Å². The van der Waals surface area contributed by atoms with E-state index >= 15 is 0 Å². The minimum Gasteiger partial charge on any atom is -0.427 e. The average molecular weight is 149 g/mol. The number of carbonyl (C=O) groups excluding carboxylic acids is 1. The molecular weight excluding hydrogens is 138 g/mol. The Kier molecular flexibility index (Phi) is 3.11. The van der Waals surface area contributed by atoms with Gasteiger partial charge in [-0.25, -0.2) is 4.79 Å². The Morgan fingerprint density at radius 3 is 2.30 bits per heavy atom. The maximum Gasteiger partial charge on any atom is 0.530 e. The first-order chi connectivity index (χ1) is 4.45. The van der Waals surface area contributed by atoms with Gasteiger partial charge in [-0.2, -0.15) is 0 Å². The molecule has 0 heterocycles. The van der Waals surface area contributed by atoms with E-state index in [1.165, 1.54) is 5.64 Å². The summed E-state index contributed by atoms with van der Waals surface area (Å²) < 4.78 is 4.59. The minimum absolute atomic E-state index is 0.603. The van der Waals surface area contributed by atoms with Crippen LogP contribution >= 0.6 is 0 Å². The summed E-state index contributed by atoms with van der Waals surface area (Å²) in [5.41, 5.74) is 0.612. The summed E-state index contributed by atoms with van der Waals surface area (Å²) in [6, 6.07) is 0. The monoisotopic (exact) mass is 149 g/mol. The van der Waals surface area contributed by atoms with Crippen molar-refractivity contribution in [3.8, 4) is 0 Å². The molecule has 0 aromatic carbocycles. The van der Waals surface area contributed by atoms with E-state index < -0.39 is 11.8 Å². The molecule has 0 aromatic heterocycles. The molecule has 0 bridgehead atoms. The van der Waals surface area contributed by atoms with Crippen LogP contribution in [0.15, 0.2) is 0 Å². The topological polar surface area (TPSA) is 67.8 Å². The highest BCUT2D eigenvalue weighted by molar-refractivity contribution is 5.59. The van der Waals surface area contributed by atoms with Gasteiger partial charge in [0.2, 0.25) is 0 Å². The van der Waals surface area contributed by atoms with E-state index in [1.54, 1.807) is 20.8 Å². The van der Waals surface area contributed by atoms with E-state index in [1.807, 2.05) is 0 Å². The van der Waals surface area contributed by atoms with Gasteiger partial charge in [0.25, 0.3) is 0 Å². The van der Waals surface area contributed by atoms with E-state index in [4.69, 9.17) is 5.21 Å². The van der Waals surface area contributed by atoms with Gasteiger partial charge >= 0.3 is 6.16 Å². The number of carbonyl (C=O) groups is 1. The molecule has 0 aromatic rings. The lowest BCUT2D eigenvalue weighted by molar-refractivity contribution is -0.119. The van der Waals surface area contributed by atoms with Crippen LogP contribution in [0.3, 0.4) is 0 Å². The first kappa shape index (κ1) is 9.19. The Morgan fingerprint density at radius 1 is 1.50 bits per heavy atom. The first-order valence-electron chi connectivity index (χ1n) is 2.74. The summed E-state index contributed by atoms with van der Waals surface area (Å²) >= 11 is 0. The number of nitrogens with one attached hydrogen (secondary N) is 1. The predicted molar refractivity (Wildman–Crippen MR) is 32.2 cm³/mol. The predicted octanol–water partition coefficient (Wildman–Crippen LogP) is 0.832. The van der Waals surface area contributed by atoms with Crippen molar-refractivity contribution in [3.05, 3.63) is 0 Å². The third kappa shape index (κ3) is 5.33. The van der Waals surface area contributed by atoms with Crippen LogP contribution in [0.4, 0.5) is 4.79 Å². The molecule has 0 aliphatic carbocycles. The molecule has 0 saturated carbocycles. The van der Waals surface area contributed by atoms with Crippen LogP contribution in [0, 0.1) is 0 Å². The SMILES string of the molecule is CC(C)(C)OC(=O)ONO. The van der Waals surface area contributed by atoms with Crippen molar-refractivity contribution in [2.45, 2.75) is 26.4 Å². The molecule has 0 atom stereocenters. The van der Waals surface area contributed by atoms with Crippen molar-refractivity contribution in [1.82, 2.24) is 5.64 Å². The van der Waals surface area contributed by atoms with Gasteiger partial charge in [0.05, 0.1) is 0 Å². The lowest BCUT2D eigenvalue weighted by Crippen LogP contribution is -2.27. The molecule has 5 nitrogen and oxygen atoms in total. The van der Waals surface area contributed by atoms with Crippen LogP contribution in [0.2, 0.25) is 0 Å². The van der Waals surface area contributed by atoms with Crippen LogP contribution < -0.4 is 5.64 Å². The molecule has 2 N–H and O–H groups in total. The highest BCUT2D eigenvalue weighted by atomic mass is 16.9. The maximum atomic E-state index is 10.4. The quantitative estimate of drug-likeness (QED) is 0.427. The van der Waals surface area contributed by atoms with Crippen LogP contribution in [0.25, 0.3) is 0 Å². The second kappa shape index (κ2) is 3.38. The highest BCUT2D eigenvalue weighted by Crippen LogP contribution is 2.06. The molecule has 10 heavy (non-hydrogen) atoms. The van der Waals surface area contributed by atoms with Crippen LogP contribution in [-0.2, 0) is 9.57 Å². The van der Waals surface area contributed by atoms with Crippen molar-refractivity contribution in [3.63, 3.8) is 0 Å². The van der Waals surface area contributed by atoms with Crippen molar-refractivity contribution >= 4 is 6.16 Å². The minimum atomic E-state index is -0.963. The van der Waals surface area contributed by atoms with E-state index in [0.717, 1.165) is 0 Å². The van der Waals surface area contributed by atoms with Crippen molar-refractivity contribution in [1.29, 1.82) is 0 Å². The highest BCUT2D eigenvalue weighted by Gasteiger charge is 2.16. The number of hydrogen-bond donors (Lipinski definition) is 2. The zero-order valence-corrected chi connectivity index (χ0v) is 6.17. The van der Waals surface area contributed by atoms with Gasteiger partial charge in [0.15, 0.2) is 0 Å². The molecule has 0 rings (SSSR count). The molecule has 0 fully saturated rings. The molecule has 0 unspecified atom stereocenters. The van der Waals surface area contributed by atoms with Crippen molar-refractivity contribution in [2.75, 3.05) is 0 Å². The van der Waals surface area contributed by atoms with Gasteiger partial charge < -0.3 is 9.57 Å². The molecule has 0 aliphatic heterocycles. The van der Waals surface area contributed by atoms with E-state index in [2.05, 4.69) is 9.57 Å². The molecule has 60 valence electrons. The van der Waals surface area contributed by atoms with Crippen LogP contribution in [0.5, 0.6) is 0 Å². The van der Waals surface area contributed by atoms with Gasteiger partial charge in [-0.3, -0.25) is 5.21 Å². The third-order valence-corrected chi connectivity index (χ3v) is 0.518. The van der Waals surface area contributed by atoms with Gasteiger partial charge in [-0.1, -0.05) is 0 Å². The lowest BCUT2D eigenvalue weighted by Gasteiger charge is -2.17. The first-order valence-corrected chi connectivity index (χ1v) is 2.74. The van der Waals surface area contributed by atoms with Gasteiger partial charge in [0.1, 0.15) is 5.60 Å². The zero-order valence-electron chi connectivity index (χ0n) is 6.17. The lowest BCUT2D eigenvalue weighted by atomic mass is 10.2. The number of rotatable bonds is 1. The summed E-state index contributed by atoms with van der Waals surface area (Å²) in [6.45, 7) is 5.06. The summed E-state index contributed by atoms with van der Waals surface area (Å²) in [5.74, 6) is 0. The smallest absolute Gasteiger partial charge is 0.427 e. The molecule has 5 heteroatoms. The normalized spacial score (nSPS) is 10.8. The molecule has 0 saturated heterocycles. The van der Waals surface area contributed by atoms with Crippen molar-refractivity contribution in [2.24, 2.45) is 0 Å². The summed E-state index contributed by atoms with van der Waals surface area (Å²) in [5, 5.41) is 7.86. The van der Waals surface area contributed by atoms with E-state index in [0.29, 0.717) is 0 Å². The van der Waals surface area contributed by atoms with Crippen molar-refractivity contribution < 1.29 is 19.6 Å². The third-order valence-electron chi connectivity index (χ3n) is 0.518. The second-order valence-electron chi connectivity index (χ2n) is 2.66. The van der Waals surface area contributed by atoms with Gasteiger partial charge in [-0.15, -0.1) is 0 Å². The Labute approximate surface area is 58.8 Å². The Balaban J connectivity index is 3.58. The van der Waals surface area contributed by atoms with E-state index in [9.17, 15) is 4.79 Å². The molecule has 0 aliphatic rings.